The number of hydrogen-bond donors (Lipinski definition) is 4. The van der Waals surface area contributed by atoms with Gasteiger partial charge >= 0.3 is 5.97 Å². The summed E-state index contributed by atoms with van der Waals surface area (Å²) in [5.41, 5.74) is 0.331. The molecule has 1 atom stereocenters. The molecule has 0 saturated carbocycles. The number of nitrogens with one attached hydrogen (secondary N) is 3. The summed E-state index contributed by atoms with van der Waals surface area (Å²) in [4.78, 5) is 34.0. The summed E-state index contributed by atoms with van der Waals surface area (Å²) in [6.45, 7) is 2.81. The molecule has 11 nitrogen and oxygen atoms in total. The lowest BCUT2D eigenvalue weighted by Crippen LogP contribution is -2.40. The number of carbonyl (C=O) groups excluding carboxylic acids is 2. The molecule has 156 valence electrons. The zero-order valence-electron chi connectivity index (χ0n) is 15.6. The molecule has 0 aliphatic carbocycles. The van der Waals surface area contributed by atoms with Crippen LogP contribution in [0, 0.1) is 6.92 Å². The fourth-order valence-electron chi connectivity index (χ4n) is 2.33. The molecule has 0 aliphatic rings. The van der Waals surface area contributed by atoms with Crippen LogP contribution in [0.4, 0.5) is 11.5 Å². The molecule has 2 aromatic rings. The number of hydrogen-bond acceptors (Lipinski definition) is 7. The van der Waals surface area contributed by atoms with Crippen LogP contribution >= 0.6 is 0 Å². The van der Waals surface area contributed by atoms with Crippen molar-refractivity contribution in [1.29, 1.82) is 0 Å². The Bertz CT molecular complexity index is 999. The van der Waals surface area contributed by atoms with Crippen molar-refractivity contribution >= 4 is 39.3 Å². The van der Waals surface area contributed by atoms with E-state index < -0.39 is 33.8 Å². The molecule has 0 radical (unpaired) electrons. The van der Waals surface area contributed by atoms with Crippen LogP contribution in [0.25, 0.3) is 0 Å². The summed E-state index contributed by atoms with van der Waals surface area (Å²) in [7, 11) is -3.88. The number of carboxylic acid groups (broad SMARTS) is 1. The van der Waals surface area contributed by atoms with Crippen LogP contribution in [0.5, 0.6) is 0 Å². The number of aryl methyl sites for hydroxylation is 1. The molecule has 0 bridgehead atoms. The molecule has 4 N–H and O–H groups in total. The molecule has 0 spiro atoms. The number of aromatic nitrogens is 1. The fraction of sp³-hybridized carbons (Fsp3) is 0.294. The summed E-state index contributed by atoms with van der Waals surface area (Å²) < 4.78 is 31.7. The Balaban J connectivity index is 1.95. The topological polar surface area (TPSA) is 168 Å². The van der Waals surface area contributed by atoms with Crippen LogP contribution in [-0.2, 0) is 24.4 Å². The van der Waals surface area contributed by atoms with Gasteiger partial charge in [-0.25, -0.2) is 13.2 Å². The number of rotatable bonds is 9. The van der Waals surface area contributed by atoms with Crippen molar-refractivity contribution in [2.24, 2.45) is 0 Å². The molecule has 29 heavy (non-hydrogen) atoms. The first-order chi connectivity index (χ1) is 13.6. The van der Waals surface area contributed by atoms with E-state index in [2.05, 4.69) is 20.5 Å². The number of anilines is 2. The highest BCUT2D eigenvalue weighted by molar-refractivity contribution is 7.92. The number of amides is 2. The first-order valence-electron chi connectivity index (χ1n) is 8.43. The maximum atomic E-state index is 12.3. The van der Waals surface area contributed by atoms with E-state index in [4.69, 9.17) is 9.63 Å². The predicted molar refractivity (Wildman–Crippen MR) is 102 cm³/mol. The van der Waals surface area contributed by atoms with Crippen molar-refractivity contribution in [2.45, 2.75) is 37.6 Å². The smallest absolute Gasteiger partial charge is 0.326 e. The first-order valence-corrected chi connectivity index (χ1v) is 9.91. The van der Waals surface area contributed by atoms with Crippen molar-refractivity contribution in [3.63, 3.8) is 0 Å². The highest BCUT2D eigenvalue weighted by Gasteiger charge is 2.20. The second-order valence-corrected chi connectivity index (χ2v) is 7.81. The minimum atomic E-state index is -3.88. The molecule has 1 aromatic carbocycles. The standard InChI is InChI=1S/C17H20N4O7S/c1-10-9-15(20-28-10)21-29(26,27)13-5-3-12(4-6-13)19-16(23)8-7-14(17(24)25)18-11(2)22/h3-6,9,14H,7-8H2,1-2H3,(H,18,22)(H,19,23)(H,20,21)(H,24,25)/t14-/m0/s1. The average molecular weight is 424 g/mol. The Morgan fingerprint density at radius 3 is 2.38 bits per heavy atom. The van der Waals surface area contributed by atoms with E-state index in [1.54, 1.807) is 6.92 Å². The summed E-state index contributed by atoms with van der Waals surface area (Å²) in [5, 5.41) is 17.4. The third-order valence-corrected chi connectivity index (χ3v) is 5.02. The van der Waals surface area contributed by atoms with Gasteiger partial charge in [0.1, 0.15) is 11.8 Å². The third-order valence-electron chi connectivity index (χ3n) is 3.65. The van der Waals surface area contributed by atoms with Gasteiger partial charge in [-0.15, -0.1) is 0 Å². The van der Waals surface area contributed by atoms with Crippen molar-refractivity contribution < 1.29 is 32.4 Å². The third kappa shape index (κ3) is 6.60. The maximum absolute atomic E-state index is 12.3. The van der Waals surface area contributed by atoms with Crippen molar-refractivity contribution in [3.05, 3.63) is 36.1 Å². The zero-order valence-corrected chi connectivity index (χ0v) is 16.4. The molecule has 0 unspecified atom stereocenters. The molecular formula is C17H20N4O7S. The highest BCUT2D eigenvalue weighted by atomic mass is 32.2. The van der Waals surface area contributed by atoms with Crippen LogP contribution in [0.1, 0.15) is 25.5 Å². The Morgan fingerprint density at radius 1 is 1.21 bits per heavy atom. The van der Waals surface area contributed by atoms with Gasteiger partial charge < -0.3 is 20.3 Å². The molecule has 0 saturated heterocycles. The molecule has 1 aromatic heterocycles. The molecule has 12 heteroatoms. The quantitative estimate of drug-likeness (QED) is 0.464. The van der Waals surface area contributed by atoms with Gasteiger partial charge in [0.05, 0.1) is 4.90 Å². The lowest BCUT2D eigenvalue weighted by Gasteiger charge is -2.13. The summed E-state index contributed by atoms with van der Waals surface area (Å²) >= 11 is 0. The van der Waals surface area contributed by atoms with E-state index in [9.17, 15) is 22.8 Å². The molecule has 2 rings (SSSR count). The summed E-state index contributed by atoms with van der Waals surface area (Å²) in [6.07, 6.45) is -0.237. The lowest BCUT2D eigenvalue weighted by atomic mass is 10.1. The van der Waals surface area contributed by atoms with Crippen molar-refractivity contribution in [2.75, 3.05) is 10.0 Å². The average Bonchev–Trinajstić information content (AvgIpc) is 3.02. The minimum absolute atomic E-state index is 0.0482. The van der Waals surface area contributed by atoms with E-state index in [0.29, 0.717) is 11.4 Å². The number of sulfonamides is 1. The van der Waals surface area contributed by atoms with Gasteiger partial charge in [0.2, 0.25) is 11.8 Å². The Labute approximate surface area is 166 Å². The monoisotopic (exact) mass is 424 g/mol. The van der Waals surface area contributed by atoms with Crippen LogP contribution in [0.2, 0.25) is 0 Å². The Kier molecular flexibility index (Phi) is 6.93. The number of aliphatic carboxylic acids is 1. The van der Waals surface area contributed by atoms with Crippen LogP contribution < -0.4 is 15.4 Å². The summed E-state index contributed by atoms with van der Waals surface area (Å²) in [6, 6.07) is 5.63. The second-order valence-electron chi connectivity index (χ2n) is 6.13. The van der Waals surface area contributed by atoms with Gasteiger partial charge in [0, 0.05) is 25.1 Å². The largest absolute Gasteiger partial charge is 0.480 e. The van der Waals surface area contributed by atoms with Gasteiger partial charge in [0.25, 0.3) is 10.0 Å². The molecule has 1 heterocycles. The predicted octanol–water partition coefficient (Wildman–Crippen LogP) is 1.09. The molecule has 2 amide bonds. The van der Waals surface area contributed by atoms with Crippen molar-refractivity contribution in [3.8, 4) is 0 Å². The normalized spacial score (nSPS) is 12.1. The van der Waals surface area contributed by atoms with E-state index in [1.165, 1.54) is 37.3 Å². The SMILES string of the molecule is CC(=O)N[C@@H](CCC(=O)Nc1ccc(S(=O)(=O)Nc2cc(C)on2)cc1)C(=O)O. The Hall–Kier alpha value is -3.41. The molecule has 0 aliphatic heterocycles. The molecule has 0 fully saturated rings. The summed E-state index contributed by atoms with van der Waals surface area (Å²) in [5.74, 6) is -1.73. The van der Waals surface area contributed by atoms with Gasteiger partial charge in [-0.3, -0.25) is 14.3 Å². The number of carboxylic acids is 1. The van der Waals surface area contributed by atoms with E-state index in [0.717, 1.165) is 0 Å². The highest BCUT2D eigenvalue weighted by Crippen LogP contribution is 2.18. The van der Waals surface area contributed by atoms with Gasteiger partial charge in [-0.05, 0) is 37.6 Å². The number of carbonyl (C=O) groups is 3. The lowest BCUT2D eigenvalue weighted by molar-refractivity contribution is -0.141. The van der Waals surface area contributed by atoms with E-state index in [1.807, 2.05) is 0 Å². The van der Waals surface area contributed by atoms with E-state index >= 15 is 0 Å². The van der Waals surface area contributed by atoms with Gasteiger partial charge in [0.15, 0.2) is 5.82 Å². The Morgan fingerprint density at radius 2 is 1.86 bits per heavy atom. The zero-order chi connectivity index (χ0) is 21.6. The number of benzene rings is 1. The van der Waals surface area contributed by atoms with Crippen molar-refractivity contribution in [1.82, 2.24) is 10.5 Å². The van der Waals surface area contributed by atoms with Crippen LogP contribution in [-0.4, -0.2) is 42.5 Å². The van der Waals surface area contributed by atoms with Gasteiger partial charge in [-0.2, -0.15) is 0 Å². The maximum Gasteiger partial charge on any atom is 0.326 e. The minimum Gasteiger partial charge on any atom is -0.480 e. The first kappa shape index (κ1) is 21.9. The van der Waals surface area contributed by atoms with Crippen LogP contribution in [0.3, 0.4) is 0 Å². The van der Waals surface area contributed by atoms with Gasteiger partial charge in [-0.1, -0.05) is 5.16 Å². The number of nitrogens with zero attached hydrogens (tertiary/aromatic N) is 1. The van der Waals surface area contributed by atoms with Crippen LogP contribution in [0.15, 0.2) is 39.8 Å². The molecular weight excluding hydrogens is 404 g/mol. The fourth-order valence-corrected chi connectivity index (χ4v) is 3.31. The second kappa shape index (κ2) is 9.19. The van der Waals surface area contributed by atoms with E-state index in [-0.39, 0.29) is 23.6 Å².